The van der Waals surface area contributed by atoms with Crippen LogP contribution in [-0.4, -0.2) is 19.4 Å². The lowest BCUT2D eigenvalue weighted by atomic mass is 10.1. The Hall–Kier alpha value is -2.18. The second kappa shape index (κ2) is 9.82. The van der Waals surface area contributed by atoms with Gasteiger partial charge in [0.1, 0.15) is 6.10 Å². The topological polar surface area (TPSA) is 98.5 Å². The molecule has 1 aliphatic rings. The Kier molecular flexibility index (Phi) is 7.63. The number of nitrogens with zero attached hydrogens (tertiary/aromatic N) is 1. The van der Waals surface area contributed by atoms with Crippen molar-refractivity contribution in [2.24, 2.45) is 0 Å². The number of hydrogen-bond donors (Lipinski definition) is 1. The lowest BCUT2D eigenvalue weighted by Gasteiger charge is -2.21. The first-order valence-electron chi connectivity index (χ1n) is 8.96. The van der Waals surface area contributed by atoms with Gasteiger partial charge in [-0.3, -0.25) is 14.8 Å². The van der Waals surface area contributed by atoms with E-state index < -0.39 is 42.7 Å². The van der Waals surface area contributed by atoms with E-state index in [4.69, 9.17) is 51.1 Å². The summed E-state index contributed by atoms with van der Waals surface area (Å²) in [6.07, 6.45) is -3.09. The Morgan fingerprint density at radius 2 is 1.68 bits per heavy atom. The van der Waals surface area contributed by atoms with Gasteiger partial charge in [0.05, 0.1) is 41.2 Å². The zero-order valence-electron chi connectivity index (χ0n) is 16.4. The number of hydrogen-bond acceptors (Lipinski definition) is 5. The van der Waals surface area contributed by atoms with Gasteiger partial charge >= 0.3 is 6.18 Å². The lowest BCUT2D eigenvalue weighted by Crippen LogP contribution is -2.20. The van der Waals surface area contributed by atoms with Gasteiger partial charge in [-0.1, -0.05) is 46.4 Å². The second-order valence-corrected chi connectivity index (χ2v) is 10.1. The van der Waals surface area contributed by atoms with E-state index in [1.165, 1.54) is 6.08 Å². The number of alkyl halides is 3. The third-order valence-electron chi connectivity index (χ3n) is 4.43. The number of ether oxygens (including phenoxy) is 1. The van der Waals surface area contributed by atoms with Gasteiger partial charge in [-0.2, -0.15) is 13.2 Å². The fourth-order valence-corrected chi connectivity index (χ4v) is 5.16. The van der Waals surface area contributed by atoms with E-state index in [1.54, 1.807) is 0 Å². The van der Waals surface area contributed by atoms with Gasteiger partial charge in [-0.05, 0) is 36.4 Å². The van der Waals surface area contributed by atoms with Crippen LogP contribution in [0, 0.1) is 10.1 Å². The molecule has 182 valence electrons. The summed E-state index contributed by atoms with van der Waals surface area (Å²) in [6.45, 7) is 0. The molecule has 1 atom stereocenters. The van der Waals surface area contributed by atoms with Crippen molar-refractivity contribution in [2.75, 3.05) is 4.72 Å². The molecule has 1 unspecified atom stereocenters. The molecule has 0 bridgehead atoms. The van der Waals surface area contributed by atoms with E-state index in [2.05, 4.69) is 4.72 Å². The van der Waals surface area contributed by atoms with Crippen LogP contribution in [0.3, 0.4) is 0 Å². The minimum absolute atomic E-state index is 0.0108. The van der Waals surface area contributed by atoms with E-state index in [0.717, 1.165) is 24.3 Å². The number of nitrogens with one attached hydrogen (secondary N) is 1. The summed E-state index contributed by atoms with van der Waals surface area (Å²) in [5.74, 6) is -0.121. The van der Waals surface area contributed by atoms with Crippen LogP contribution < -0.4 is 9.46 Å². The van der Waals surface area contributed by atoms with Gasteiger partial charge in [-0.15, -0.1) is 0 Å². The molecule has 0 aliphatic heterocycles. The Morgan fingerprint density at radius 3 is 2.18 bits per heavy atom. The number of allylic oxidation sites excluding steroid dienone is 1. The summed E-state index contributed by atoms with van der Waals surface area (Å²) in [6, 6.07) is 4.12. The molecule has 0 radical (unpaired) electrons. The third kappa shape index (κ3) is 5.89. The molecular formula is C19H11Cl4F3N2O5S. The van der Waals surface area contributed by atoms with Crippen LogP contribution in [0.4, 0.5) is 18.9 Å². The number of halogens is 7. The Morgan fingerprint density at radius 1 is 1.06 bits per heavy atom. The van der Waals surface area contributed by atoms with E-state index in [1.807, 2.05) is 0 Å². The molecule has 0 amide bonds. The number of nitro groups is 1. The highest BCUT2D eigenvalue weighted by molar-refractivity contribution is 7.92. The van der Waals surface area contributed by atoms with E-state index >= 15 is 0 Å². The van der Waals surface area contributed by atoms with Crippen LogP contribution in [-0.2, 0) is 16.2 Å². The molecule has 0 spiro atoms. The van der Waals surface area contributed by atoms with E-state index in [9.17, 15) is 31.7 Å². The highest BCUT2D eigenvalue weighted by Gasteiger charge is 2.31. The normalized spacial score (nSPS) is 16.5. The molecule has 2 aromatic carbocycles. The van der Waals surface area contributed by atoms with Gasteiger partial charge in [0, 0.05) is 12.5 Å². The summed E-state index contributed by atoms with van der Waals surface area (Å²) >= 11 is 24.2. The van der Waals surface area contributed by atoms with Gasteiger partial charge in [0.15, 0.2) is 5.75 Å². The lowest BCUT2D eigenvalue weighted by molar-refractivity contribution is -0.419. The van der Waals surface area contributed by atoms with Crippen molar-refractivity contribution in [1.82, 2.24) is 0 Å². The first-order valence-corrected chi connectivity index (χ1v) is 12.0. The third-order valence-corrected chi connectivity index (χ3v) is 7.00. The number of rotatable bonds is 6. The van der Waals surface area contributed by atoms with Crippen molar-refractivity contribution in [1.29, 1.82) is 0 Å². The molecule has 1 aliphatic carbocycles. The summed E-state index contributed by atoms with van der Waals surface area (Å²) in [7, 11) is -4.37. The van der Waals surface area contributed by atoms with Crippen molar-refractivity contribution in [2.45, 2.75) is 23.6 Å². The maximum absolute atomic E-state index is 12.8. The van der Waals surface area contributed by atoms with Crippen LogP contribution in [0.2, 0.25) is 15.1 Å². The summed E-state index contributed by atoms with van der Waals surface area (Å²) in [4.78, 5) is 9.81. The van der Waals surface area contributed by atoms with Crippen molar-refractivity contribution in [3.8, 4) is 5.75 Å². The Balaban J connectivity index is 1.84. The fourth-order valence-electron chi connectivity index (χ4n) is 2.79. The molecule has 15 heteroatoms. The van der Waals surface area contributed by atoms with Gasteiger partial charge < -0.3 is 4.74 Å². The molecule has 7 nitrogen and oxygen atoms in total. The monoisotopic (exact) mass is 576 g/mol. The number of sulfonamides is 1. The molecule has 0 fully saturated rings. The van der Waals surface area contributed by atoms with Crippen LogP contribution in [0.25, 0.3) is 0 Å². The second-order valence-electron chi connectivity index (χ2n) is 6.77. The molecule has 2 aromatic rings. The molecule has 1 N–H and O–H groups in total. The zero-order valence-corrected chi connectivity index (χ0v) is 20.2. The average Bonchev–Trinajstić information content (AvgIpc) is 2.72. The Bertz CT molecular complexity index is 1310. The predicted molar refractivity (Wildman–Crippen MR) is 122 cm³/mol. The molecule has 0 saturated heterocycles. The van der Waals surface area contributed by atoms with Crippen molar-refractivity contribution in [3.05, 3.63) is 84.0 Å². The smallest absolute Gasteiger partial charge is 0.416 e. The first kappa shape index (κ1) is 26.4. The predicted octanol–water partition coefficient (Wildman–Crippen LogP) is 6.90. The van der Waals surface area contributed by atoms with Crippen LogP contribution >= 0.6 is 46.4 Å². The molecule has 0 saturated carbocycles. The van der Waals surface area contributed by atoms with Crippen molar-refractivity contribution in [3.63, 3.8) is 0 Å². The van der Waals surface area contributed by atoms with Crippen molar-refractivity contribution < 1.29 is 31.2 Å². The largest absolute Gasteiger partial charge is 0.481 e. The minimum atomic E-state index is -4.66. The average molecular weight is 578 g/mol. The highest BCUT2D eigenvalue weighted by Crippen LogP contribution is 2.39. The van der Waals surface area contributed by atoms with E-state index in [-0.39, 0.29) is 38.6 Å². The van der Waals surface area contributed by atoms with Crippen LogP contribution in [0.15, 0.2) is 58.1 Å². The highest BCUT2D eigenvalue weighted by atomic mass is 35.5. The van der Waals surface area contributed by atoms with Crippen LogP contribution in [0.1, 0.15) is 12.0 Å². The Labute approximate surface area is 210 Å². The SMILES string of the molecule is O=[N+]([O-])C1=CCC(Oc2c(Cl)cc(S(=O)(=O)Nc3ccc(C(F)(F)F)cc3Cl)cc2Cl)C(Cl)=C1. The first-order chi connectivity index (χ1) is 15.7. The van der Waals surface area contributed by atoms with Crippen molar-refractivity contribution >= 4 is 62.1 Å². The fraction of sp³-hybridized carbons (Fsp3) is 0.158. The van der Waals surface area contributed by atoms with Gasteiger partial charge in [0.2, 0.25) is 0 Å². The number of anilines is 1. The molecular weight excluding hydrogens is 567 g/mol. The summed E-state index contributed by atoms with van der Waals surface area (Å²) in [5, 5.41) is 9.94. The maximum atomic E-state index is 12.8. The van der Waals surface area contributed by atoms with Crippen LogP contribution in [0.5, 0.6) is 5.75 Å². The molecule has 34 heavy (non-hydrogen) atoms. The minimum Gasteiger partial charge on any atom is -0.481 e. The standard InChI is InChI=1S/C19H11Cl4F3N2O5S/c20-12-5-9(19(24,25)26)1-3-16(12)27-34(31,32)11-7-14(22)18(15(23)8-11)33-17-4-2-10(28(29)30)6-13(17)21/h1-3,5-8,17,27H,4H2. The number of benzene rings is 2. The molecule has 0 aromatic heterocycles. The van der Waals surface area contributed by atoms with Gasteiger partial charge in [-0.25, -0.2) is 8.42 Å². The molecule has 0 heterocycles. The van der Waals surface area contributed by atoms with Gasteiger partial charge in [0.25, 0.3) is 15.7 Å². The zero-order chi connectivity index (χ0) is 25.4. The van der Waals surface area contributed by atoms with E-state index in [0.29, 0.717) is 12.1 Å². The molecule has 3 rings (SSSR count). The summed E-state index contributed by atoms with van der Waals surface area (Å²) < 4.78 is 71.6. The quantitative estimate of drug-likeness (QED) is 0.297. The summed E-state index contributed by atoms with van der Waals surface area (Å²) in [5.41, 5.74) is -1.56. The maximum Gasteiger partial charge on any atom is 0.416 e.